The average molecular weight is 755 g/mol. The zero-order valence-corrected chi connectivity index (χ0v) is 32.5. The minimum absolute atomic E-state index is 0.0853. The molecule has 0 fully saturated rings. The highest BCUT2D eigenvalue weighted by atomic mass is 15.2. The van der Waals surface area contributed by atoms with Gasteiger partial charge in [0.15, 0.2) is 0 Å². The van der Waals surface area contributed by atoms with Gasteiger partial charge in [0.1, 0.15) is 0 Å². The molecule has 0 amide bonds. The number of para-hydroxylation sites is 5. The first-order chi connectivity index (χ1) is 29.3. The molecule has 3 heterocycles. The number of fused-ring (bicyclic) bond motifs is 6. The van der Waals surface area contributed by atoms with E-state index in [-0.39, 0.29) is 6.71 Å². The summed E-state index contributed by atoms with van der Waals surface area (Å²) in [4.78, 5) is 7.45. The smallest absolute Gasteiger partial charge is 0.247 e. The number of aromatic nitrogens is 1. The van der Waals surface area contributed by atoms with Crippen molar-refractivity contribution >= 4 is 84.9 Å². The molecule has 59 heavy (non-hydrogen) atoms. The summed E-state index contributed by atoms with van der Waals surface area (Å²) in [6.45, 7) is 0.0853. The van der Waals surface area contributed by atoms with Crippen molar-refractivity contribution in [2.24, 2.45) is 0 Å². The molecule has 0 spiro atoms. The quantitative estimate of drug-likeness (QED) is 0.157. The maximum atomic E-state index is 2.56. The Hall–Kier alpha value is -7.50. The first-order valence-corrected chi connectivity index (χ1v) is 20.6. The minimum atomic E-state index is 0.0853. The van der Waals surface area contributed by atoms with Crippen LogP contribution in [0.1, 0.15) is 12.8 Å². The van der Waals surface area contributed by atoms with Crippen molar-refractivity contribution in [1.29, 1.82) is 0 Å². The lowest BCUT2D eigenvalue weighted by Gasteiger charge is -2.45. The van der Waals surface area contributed by atoms with Crippen LogP contribution < -0.4 is 25.6 Å². The summed E-state index contributed by atoms with van der Waals surface area (Å²) in [6.07, 6.45) is 6.76. The highest BCUT2D eigenvalue weighted by Crippen LogP contribution is 2.49. The number of nitrogens with zero attached hydrogens (tertiary/aromatic N) is 4. The Kier molecular flexibility index (Phi) is 7.73. The van der Waals surface area contributed by atoms with Gasteiger partial charge in [0.05, 0.1) is 16.7 Å². The van der Waals surface area contributed by atoms with E-state index < -0.39 is 0 Å². The van der Waals surface area contributed by atoms with Gasteiger partial charge in [-0.1, -0.05) is 121 Å². The molecule has 0 saturated heterocycles. The van der Waals surface area contributed by atoms with Crippen LogP contribution in [0.15, 0.2) is 224 Å². The van der Waals surface area contributed by atoms with E-state index in [0.29, 0.717) is 0 Å². The lowest BCUT2D eigenvalue weighted by molar-refractivity contribution is 0.967. The Bertz CT molecular complexity index is 3060. The predicted octanol–water partition coefficient (Wildman–Crippen LogP) is 12.9. The Balaban J connectivity index is 1.22. The predicted molar refractivity (Wildman–Crippen MR) is 249 cm³/mol. The van der Waals surface area contributed by atoms with E-state index in [0.717, 1.165) is 41.3 Å². The van der Waals surface area contributed by atoms with Crippen molar-refractivity contribution in [2.75, 3.05) is 14.7 Å². The molecule has 9 aromatic rings. The molecule has 278 valence electrons. The Morgan fingerprint density at radius 2 is 1.03 bits per heavy atom. The van der Waals surface area contributed by atoms with Crippen molar-refractivity contribution < 1.29 is 0 Å². The number of anilines is 8. The fourth-order valence-electron chi connectivity index (χ4n) is 10.0. The second kappa shape index (κ2) is 13.6. The Morgan fingerprint density at radius 1 is 0.475 bits per heavy atom. The van der Waals surface area contributed by atoms with Crippen molar-refractivity contribution in [3.8, 4) is 5.69 Å². The van der Waals surface area contributed by atoms with Crippen molar-refractivity contribution in [1.82, 2.24) is 4.57 Å². The van der Waals surface area contributed by atoms with Gasteiger partial charge in [-0.3, -0.25) is 0 Å². The molecular weight excluding hydrogens is 715 g/mol. The minimum Gasteiger partial charge on any atom is -0.312 e. The summed E-state index contributed by atoms with van der Waals surface area (Å²) >= 11 is 0. The average Bonchev–Trinajstić information content (AvgIpc) is 3.64. The van der Waals surface area contributed by atoms with Crippen LogP contribution in [0.25, 0.3) is 27.5 Å². The molecule has 5 heteroatoms. The summed E-state index contributed by atoms with van der Waals surface area (Å²) in [5.74, 6) is 0. The normalized spacial score (nSPS) is 14.1. The molecule has 0 N–H and O–H groups in total. The van der Waals surface area contributed by atoms with E-state index in [1.807, 2.05) is 0 Å². The third-order valence-corrected chi connectivity index (χ3v) is 12.4. The lowest BCUT2D eigenvalue weighted by Crippen LogP contribution is -2.56. The molecule has 1 aromatic heterocycles. The van der Waals surface area contributed by atoms with Gasteiger partial charge in [-0.25, -0.2) is 0 Å². The number of benzene rings is 8. The van der Waals surface area contributed by atoms with Gasteiger partial charge in [-0.15, -0.1) is 0 Å². The summed E-state index contributed by atoms with van der Waals surface area (Å²) in [5, 5.41) is 2.47. The zero-order chi connectivity index (χ0) is 38.9. The Morgan fingerprint density at radius 3 is 1.68 bits per heavy atom. The van der Waals surface area contributed by atoms with E-state index in [4.69, 9.17) is 0 Å². The van der Waals surface area contributed by atoms with Crippen molar-refractivity contribution in [3.05, 3.63) is 224 Å². The van der Waals surface area contributed by atoms with E-state index in [9.17, 15) is 0 Å². The number of hydrogen-bond acceptors (Lipinski definition) is 3. The maximum absolute atomic E-state index is 2.56. The number of rotatable bonds is 6. The Labute approximate surface area is 344 Å². The molecule has 0 radical (unpaired) electrons. The molecular formula is C54H39BN4. The molecule has 12 rings (SSSR count). The summed E-state index contributed by atoms with van der Waals surface area (Å²) in [5.41, 5.74) is 18.4. The fourth-order valence-corrected chi connectivity index (χ4v) is 10.0. The van der Waals surface area contributed by atoms with Crippen LogP contribution in [0.2, 0.25) is 0 Å². The van der Waals surface area contributed by atoms with E-state index in [1.165, 1.54) is 66.7 Å². The van der Waals surface area contributed by atoms with Gasteiger partial charge < -0.3 is 19.3 Å². The van der Waals surface area contributed by atoms with E-state index in [2.05, 4.69) is 232 Å². The monoisotopic (exact) mass is 754 g/mol. The van der Waals surface area contributed by atoms with Crippen LogP contribution in [-0.4, -0.2) is 11.3 Å². The SMILES string of the molecule is C1=CC2=C(CC1)B1c3cc4c5c(N(c6ccccc6)c6ccccc6)cccc5n(-c5ccccc5)c4cc3N(c3ccccc3)c3cccc(c31)N2c1ccccc1. The topological polar surface area (TPSA) is 14.7 Å². The van der Waals surface area contributed by atoms with Gasteiger partial charge in [-0.2, -0.15) is 0 Å². The van der Waals surface area contributed by atoms with Crippen LogP contribution in [-0.2, 0) is 0 Å². The summed E-state index contributed by atoms with van der Waals surface area (Å²) in [6, 6.07) is 73.1. The number of allylic oxidation sites excluding steroid dienone is 3. The standard InChI is InChI=1S/C54H39BN4/c1-6-20-38(21-7-1)56(39-22-8-2-9-23-39)47-32-18-33-48-53(47)43-36-45-52(37-51(43)58(48)41-26-12-4-13-27-41)59(42-28-14-5-15-29-42)50-35-19-34-49-54(50)55(45)44-30-16-17-31-46(44)57(49)40-24-10-3-11-25-40/h1-15,17-29,31-37H,16,30H2. The van der Waals surface area contributed by atoms with E-state index in [1.54, 1.807) is 0 Å². The molecule has 3 aliphatic rings. The van der Waals surface area contributed by atoms with Crippen LogP contribution in [0.5, 0.6) is 0 Å². The van der Waals surface area contributed by atoms with Gasteiger partial charge >= 0.3 is 0 Å². The van der Waals surface area contributed by atoms with Gasteiger partial charge in [-0.05, 0) is 121 Å². The third kappa shape index (κ3) is 5.18. The highest BCUT2D eigenvalue weighted by molar-refractivity contribution is 6.95. The van der Waals surface area contributed by atoms with E-state index >= 15 is 0 Å². The van der Waals surface area contributed by atoms with Crippen LogP contribution in [0.4, 0.5) is 45.5 Å². The largest absolute Gasteiger partial charge is 0.312 e. The molecule has 4 nitrogen and oxygen atoms in total. The first-order valence-electron chi connectivity index (χ1n) is 20.6. The lowest BCUT2D eigenvalue weighted by atomic mass is 9.32. The first kappa shape index (κ1) is 33.6. The molecule has 0 unspecified atom stereocenters. The third-order valence-electron chi connectivity index (χ3n) is 12.4. The van der Waals surface area contributed by atoms with Crippen molar-refractivity contribution in [2.45, 2.75) is 12.8 Å². The highest BCUT2D eigenvalue weighted by Gasteiger charge is 2.44. The molecule has 0 atom stereocenters. The molecule has 8 aromatic carbocycles. The van der Waals surface area contributed by atoms with Crippen molar-refractivity contribution in [3.63, 3.8) is 0 Å². The molecule has 1 aliphatic carbocycles. The molecule has 0 bridgehead atoms. The molecule has 0 saturated carbocycles. The summed E-state index contributed by atoms with van der Waals surface area (Å²) in [7, 11) is 0. The number of hydrogen-bond donors (Lipinski definition) is 0. The maximum Gasteiger partial charge on any atom is 0.247 e. The van der Waals surface area contributed by atoms with Crippen LogP contribution in [0, 0.1) is 0 Å². The van der Waals surface area contributed by atoms with Crippen LogP contribution in [0.3, 0.4) is 0 Å². The van der Waals surface area contributed by atoms with Crippen LogP contribution >= 0.6 is 0 Å². The van der Waals surface area contributed by atoms with Gasteiger partial charge in [0.2, 0.25) is 6.71 Å². The molecule has 2 aliphatic heterocycles. The summed E-state index contributed by atoms with van der Waals surface area (Å²) < 4.78 is 2.48. The van der Waals surface area contributed by atoms with Gasteiger partial charge in [0.25, 0.3) is 0 Å². The second-order valence-electron chi connectivity index (χ2n) is 15.6. The second-order valence-corrected chi connectivity index (χ2v) is 15.6. The van der Waals surface area contributed by atoms with Gasteiger partial charge in [0, 0.05) is 62.0 Å². The zero-order valence-electron chi connectivity index (χ0n) is 32.5. The fraction of sp³-hybridized carbons (Fsp3) is 0.0370.